The van der Waals surface area contributed by atoms with E-state index in [0.717, 1.165) is 18.5 Å². The van der Waals surface area contributed by atoms with E-state index in [1.54, 1.807) is 4.90 Å². The average molecular weight is 382 g/mol. The molecule has 1 aromatic heterocycles. The zero-order valence-electron chi connectivity index (χ0n) is 15.3. The Morgan fingerprint density at radius 1 is 1.22 bits per heavy atom. The van der Waals surface area contributed by atoms with Gasteiger partial charge in [0.25, 0.3) is 12.4 Å². The number of aromatic nitrogens is 2. The number of likely N-dealkylation sites (tertiary alicyclic amines) is 1. The molecule has 1 unspecified atom stereocenters. The summed E-state index contributed by atoms with van der Waals surface area (Å²) in [5, 5.41) is 15.0. The Morgan fingerprint density at radius 2 is 1.93 bits per heavy atom. The van der Waals surface area contributed by atoms with Gasteiger partial charge in [0, 0.05) is 38.5 Å². The maximum absolute atomic E-state index is 14.8. The highest BCUT2D eigenvalue weighted by molar-refractivity contribution is 5.81. The van der Waals surface area contributed by atoms with Crippen LogP contribution in [0.2, 0.25) is 0 Å². The lowest BCUT2D eigenvalue weighted by Crippen LogP contribution is -2.58. The van der Waals surface area contributed by atoms with Gasteiger partial charge in [-0.3, -0.25) is 9.59 Å². The van der Waals surface area contributed by atoms with Gasteiger partial charge < -0.3 is 14.9 Å². The van der Waals surface area contributed by atoms with Crippen molar-refractivity contribution in [2.75, 3.05) is 31.1 Å². The second-order valence-corrected chi connectivity index (χ2v) is 7.58. The van der Waals surface area contributed by atoms with Crippen LogP contribution in [0.4, 0.5) is 14.6 Å². The molecule has 2 saturated heterocycles. The molecule has 1 atom stereocenters. The van der Waals surface area contributed by atoms with Gasteiger partial charge >= 0.3 is 0 Å². The van der Waals surface area contributed by atoms with Crippen LogP contribution in [0.25, 0.3) is 0 Å². The highest BCUT2D eigenvalue weighted by atomic mass is 19.3. The van der Waals surface area contributed by atoms with Gasteiger partial charge in [0.1, 0.15) is 0 Å². The van der Waals surface area contributed by atoms with E-state index < -0.39 is 11.3 Å². The number of nitrogens with zero attached hydrogens (tertiary/aromatic N) is 4. The Bertz CT molecular complexity index is 696. The summed E-state index contributed by atoms with van der Waals surface area (Å²) in [5.41, 5.74) is -0.362. The molecule has 1 spiro atoms. The Morgan fingerprint density at radius 3 is 2.52 bits per heavy atom. The summed E-state index contributed by atoms with van der Waals surface area (Å²) in [6.45, 7) is 2.68. The predicted molar refractivity (Wildman–Crippen MR) is 93.6 cm³/mol. The summed E-state index contributed by atoms with van der Waals surface area (Å²) >= 11 is 0. The van der Waals surface area contributed by atoms with Gasteiger partial charge in [0.05, 0.1) is 11.1 Å². The second-order valence-electron chi connectivity index (χ2n) is 7.58. The summed E-state index contributed by atoms with van der Waals surface area (Å²) in [5.74, 6) is -1.97. The van der Waals surface area contributed by atoms with Crippen LogP contribution < -0.4 is 4.90 Å². The maximum Gasteiger partial charge on any atom is 0.290 e. The Hall–Kier alpha value is -2.32. The average Bonchev–Trinajstić information content (AvgIpc) is 3.39. The molecule has 1 aromatic rings. The Balaban J connectivity index is 0.000000659. The minimum absolute atomic E-state index is 0.0680. The summed E-state index contributed by atoms with van der Waals surface area (Å²) in [7, 11) is 0. The molecule has 3 aliphatic rings. The molecule has 1 amide bonds. The number of alkyl halides is 2. The number of hydrogen-bond donors (Lipinski definition) is 1. The molecule has 3 heterocycles. The van der Waals surface area contributed by atoms with Crippen molar-refractivity contribution in [3.63, 3.8) is 0 Å². The lowest BCUT2D eigenvalue weighted by Gasteiger charge is -2.46. The molecular weight excluding hydrogens is 358 g/mol. The molecular formula is C18H24F2N4O3. The van der Waals surface area contributed by atoms with Gasteiger partial charge in [0.15, 0.2) is 5.82 Å². The van der Waals surface area contributed by atoms with Gasteiger partial charge in [-0.2, -0.15) is 5.10 Å². The van der Waals surface area contributed by atoms with Crippen LogP contribution in [-0.4, -0.2) is 64.7 Å². The van der Waals surface area contributed by atoms with Crippen LogP contribution in [-0.2, 0) is 9.59 Å². The SMILES string of the molecule is Cc1ccc(N2CCC3(CN(C(=O)C4CC4)CCC3(F)F)C2)nn1.O=CO. The van der Waals surface area contributed by atoms with Crippen molar-refractivity contribution < 1.29 is 23.5 Å². The molecule has 27 heavy (non-hydrogen) atoms. The molecule has 1 N–H and O–H groups in total. The molecule has 0 bridgehead atoms. The smallest absolute Gasteiger partial charge is 0.290 e. The third-order valence-corrected chi connectivity index (χ3v) is 5.66. The Kier molecular flexibility index (Phi) is 5.30. The largest absolute Gasteiger partial charge is 0.483 e. The van der Waals surface area contributed by atoms with E-state index in [-0.39, 0.29) is 44.4 Å². The topological polar surface area (TPSA) is 86.6 Å². The van der Waals surface area contributed by atoms with Gasteiger partial charge in [-0.15, -0.1) is 5.10 Å². The fraction of sp³-hybridized carbons (Fsp3) is 0.667. The van der Waals surface area contributed by atoms with Gasteiger partial charge in [-0.25, -0.2) is 8.78 Å². The highest BCUT2D eigenvalue weighted by Gasteiger charge is 2.60. The van der Waals surface area contributed by atoms with Crippen LogP contribution >= 0.6 is 0 Å². The summed E-state index contributed by atoms with van der Waals surface area (Å²) < 4.78 is 29.5. The van der Waals surface area contributed by atoms with Gasteiger partial charge in [-0.05, 0) is 38.3 Å². The first-order valence-electron chi connectivity index (χ1n) is 9.12. The number of hydrogen-bond acceptors (Lipinski definition) is 5. The molecule has 148 valence electrons. The van der Waals surface area contributed by atoms with E-state index in [1.807, 2.05) is 24.0 Å². The number of rotatable bonds is 2. The van der Waals surface area contributed by atoms with Crippen molar-refractivity contribution in [1.29, 1.82) is 0 Å². The lowest BCUT2D eigenvalue weighted by atomic mass is 9.75. The fourth-order valence-electron chi connectivity index (χ4n) is 3.93. The predicted octanol–water partition coefficient (Wildman–Crippen LogP) is 1.96. The fourth-order valence-corrected chi connectivity index (χ4v) is 3.93. The first kappa shape index (κ1) is 19.4. The van der Waals surface area contributed by atoms with E-state index in [2.05, 4.69) is 10.2 Å². The number of piperidine rings is 1. The zero-order valence-corrected chi connectivity index (χ0v) is 15.3. The van der Waals surface area contributed by atoms with Crippen molar-refractivity contribution in [2.24, 2.45) is 11.3 Å². The monoisotopic (exact) mass is 382 g/mol. The minimum atomic E-state index is -2.75. The van der Waals surface area contributed by atoms with Crippen LogP contribution in [0.1, 0.15) is 31.4 Å². The molecule has 4 rings (SSSR count). The van der Waals surface area contributed by atoms with Gasteiger partial charge in [0.2, 0.25) is 5.91 Å². The van der Waals surface area contributed by atoms with Crippen LogP contribution in [0.3, 0.4) is 0 Å². The molecule has 7 nitrogen and oxygen atoms in total. The Labute approximate surface area is 156 Å². The van der Waals surface area contributed by atoms with E-state index in [4.69, 9.17) is 9.90 Å². The standard InChI is InChI=1S/C17H22F2N4O.CH2O2/c1-12-2-5-14(21-20-12)22-8-6-16(10-22)11-23(9-7-17(16,18)19)15(24)13-3-4-13;2-1-3/h2,5,13H,3-4,6-11H2,1H3;1H,(H,2,3). The van der Waals surface area contributed by atoms with Crippen molar-refractivity contribution in [3.05, 3.63) is 17.8 Å². The van der Waals surface area contributed by atoms with E-state index in [9.17, 15) is 13.6 Å². The number of carbonyl (C=O) groups is 2. The van der Waals surface area contributed by atoms with Crippen molar-refractivity contribution in [1.82, 2.24) is 15.1 Å². The molecule has 1 aliphatic carbocycles. The van der Waals surface area contributed by atoms with Crippen LogP contribution in [0.5, 0.6) is 0 Å². The second kappa shape index (κ2) is 7.36. The normalized spacial score (nSPS) is 26.5. The first-order valence-corrected chi connectivity index (χ1v) is 9.12. The van der Waals surface area contributed by atoms with Crippen LogP contribution in [0.15, 0.2) is 12.1 Å². The molecule has 0 radical (unpaired) electrons. The number of amides is 1. The quantitative estimate of drug-likeness (QED) is 0.787. The molecule has 0 aromatic carbocycles. The molecule has 3 fully saturated rings. The summed E-state index contributed by atoms with van der Waals surface area (Å²) in [4.78, 5) is 24.3. The summed E-state index contributed by atoms with van der Waals surface area (Å²) in [6, 6.07) is 3.67. The third-order valence-electron chi connectivity index (χ3n) is 5.66. The lowest BCUT2D eigenvalue weighted by molar-refractivity contribution is -0.169. The van der Waals surface area contributed by atoms with Gasteiger partial charge in [-0.1, -0.05) is 0 Å². The minimum Gasteiger partial charge on any atom is -0.483 e. The van der Waals surface area contributed by atoms with E-state index >= 15 is 0 Å². The van der Waals surface area contributed by atoms with Crippen molar-refractivity contribution >= 4 is 18.2 Å². The summed E-state index contributed by atoms with van der Waals surface area (Å²) in [6.07, 6.45) is 1.95. The third kappa shape index (κ3) is 3.86. The van der Waals surface area contributed by atoms with Crippen molar-refractivity contribution in [3.8, 4) is 0 Å². The number of aryl methyl sites for hydroxylation is 1. The number of carbonyl (C=O) groups excluding carboxylic acids is 1. The molecule has 9 heteroatoms. The number of anilines is 1. The van der Waals surface area contributed by atoms with E-state index in [1.165, 1.54) is 0 Å². The molecule has 1 saturated carbocycles. The number of halogens is 2. The maximum atomic E-state index is 14.8. The van der Waals surface area contributed by atoms with E-state index in [0.29, 0.717) is 18.8 Å². The highest BCUT2D eigenvalue weighted by Crippen LogP contribution is 2.50. The number of carboxylic acid groups (broad SMARTS) is 1. The van der Waals surface area contributed by atoms with Crippen LogP contribution in [0, 0.1) is 18.3 Å². The first-order chi connectivity index (χ1) is 12.8. The molecule has 2 aliphatic heterocycles. The zero-order chi connectivity index (χ0) is 19.7. The van der Waals surface area contributed by atoms with Crippen molar-refractivity contribution in [2.45, 2.75) is 38.5 Å².